The van der Waals surface area contributed by atoms with Gasteiger partial charge in [0.2, 0.25) is 0 Å². The number of piperidine rings is 1. The van der Waals surface area contributed by atoms with Gasteiger partial charge in [-0.3, -0.25) is 14.9 Å². The van der Waals surface area contributed by atoms with Crippen molar-refractivity contribution in [3.8, 4) is 5.69 Å². The number of hydrogen-bond donors (Lipinski definition) is 1. The molecule has 9 heteroatoms. The maximum absolute atomic E-state index is 13.1. The first-order chi connectivity index (χ1) is 17.4. The first-order valence-electron chi connectivity index (χ1n) is 12.2. The smallest absolute Gasteiger partial charge is 0.293 e. The van der Waals surface area contributed by atoms with Crippen LogP contribution in [-0.2, 0) is 6.42 Å². The molecule has 0 unspecified atom stereocenters. The molecule has 1 aliphatic rings. The molecule has 0 aliphatic carbocycles. The molecule has 1 amide bonds. The second-order valence-corrected chi connectivity index (χ2v) is 9.13. The highest BCUT2D eigenvalue weighted by molar-refractivity contribution is 6.06. The van der Waals surface area contributed by atoms with Crippen LogP contribution in [-0.4, -0.2) is 38.9 Å². The van der Waals surface area contributed by atoms with Crippen LogP contribution in [0.25, 0.3) is 16.7 Å². The molecule has 184 valence electrons. The first-order valence-corrected chi connectivity index (χ1v) is 12.2. The van der Waals surface area contributed by atoms with Crippen LogP contribution in [0, 0.1) is 17.0 Å². The van der Waals surface area contributed by atoms with Gasteiger partial charge in [0.25, 0.3) is 11.6 Å². The van der Waals surface area contributed by atoms with Crippen molar-refractivity contribution in [3.05, 3.63) is 81.4 Å². The normalized spacial score (nSPS) is 13.7. The highest BCUT2D eigenvalue weighted by Crippen LogP contribution is 2.32. The Balaban J connectivity index is 1.40. The van der Waals surface area contributed by atoms with Gasteiger partial charge in [-0.25, -0.2) is 0 Å². The number of nitro benzene ring substituents is 1. The number of carbonyl (C=O) groups excluding carboxylic acids is 1. The van der Waals surface area contributed by atoms with Gasteiger partial charge >= 0.3 is 0 Å². The number of hydrogen-bond acceptors (Lipinski definition) is 6. The van der Waals surface area contributed by atoms with Gasteiger partial charge in [0.1, 0.15) is 16.7 Å². The molecular weight excluding hydrogens is 456 g/mol. The lowest BCUT2D eigenvalue weighted by atomic mass is 10.1. The first kappa shape index (κ1) is 23.5. The molecule has 5 rings (SSSR count). The molecule has 36 heavy (non-hydrogen) atoms. The summed E-state index contributed by atoms with van der Waals surface area (Å²) >= 11 is 0. The number of aryl methyl sites for hydroxylation is 2. The van der Waals surface area contributed by atoms with Crippen molar-refractivity contribution in [2.24, 2.45) is 0 Å². The molecule has 1 aromatic heterocycles. The van der Waals surface area contributed by atoms with Crippen molar-refractivity contribution in [1.29, 1.82) is 0 Å². The molecule has 4 aromatic rings. The Hall–Kier alpha value is -4.27. The van der Waals surface area contributed by atoms with Crippen molar-refractivity contribution in [3.63, 3.8) is 0 Å². The van der Waals surface area contributed by atoms with Gasteiger partial charge in [0.15, 0.2) is 0 Å². The summed E-state index contributed by atoms with van der Waals surface area (Å²) in [5.74, 6) is -0.409. The number of aromatic nitrogens is 3. The van der Waals surface area contributed by atoms with Crippen LogP contribution in [0.3, 0.4) is 0 Å². The zero-order valence-electron chi connectivity index (χ0n) is 20.4. The summed E-state index contributed by atoms with van der Waals surface area (Å²) in [5.41, 5.74) is 5.61. The topological polar surface area (TPSA) is 106 Å². The molecule has 1 saturated heterocycles. The Labute approximate surface area is 208 Å². The monoisotopic (exact) mass is 484 g/mol. The van der Waals surface area contributed by atoms with E-state index in [4.69, 9.17) is 0 Å². The van der Waals surface area contributed by atoms with Gasteiger partial charge < -0.3 is 10.2 Å². The second-order valence-electron chi connectivity index (χ2n) is 9.13. The van der Waals surface area contributed by atoms with Crippen LogP contribution >= 0.6 is 0 Å². The van der Waals surface area contributed by atoms with Crippen LogP contribution < -0.4 is 10.2 Å². The molecule has 2 heterocycles. The fourth-order valence-corrected chi connectivity index (χ4v) is 4.59. The summed E-state index contributed by atoms with van der Waals surface area (Å²) in [4.78, 5) is 28.0. The molecule has 0 atom stereocenters. The zero-order valence-corrected chi connectivity index (χ0v) is 20.4. The van der Waals surface area contributed by atoms with Crippen LogP contribution in [0.15, 0.2) is 54.6 Å². The number of fused-ring (bicyclic) bond motifs is 1. The third-order valence-electron chi connectivity index (χ3n) is 6.68. The summed E-state index contributed by atoms with van der Waals surface area (Å²) in [6, 6.07) is 16.4. The van der Waals surface area contributed by atoms with Crippen molar-refractivity contribution >= 4 is 34.0 Å². The fourth-order valence-electron chi connectivity index (χ4n) is 4.59. The van der Waals surface area contributed by atoms with Gasteiger partial charge in [0.05, 0.1) is 10.6 Å². The molecule has 3 aromatic carbocycles. The van der Waals surface area contributed by atoms with E-state index in [2.05, 4.69) is 34.6 Å². The predicted molar refractivity (Wildman–Crippen MR) is 140 cm³/mol. The number of rotatable bonds is 6. The number of nitrogens with zero attached hydrogens (tertiary/aromatic N) is 5. The lowest BCUT2D eigenvalue weighted by molar-refractivity contribution is -0.384. The number of anilines is 2. The number of nitrogens with one attached hydrogen (secondary N) is 1. The van der Waals surface area contributed by atoms with E-state index in [1.54, 1.807) is 23.0 Å². The standard InChI is InChI=1S/C27H28N6O3/c1-3-19-7-10-21(11-8-19)32-29-23-15-18(2)22(17-24(23)30-32)28-27(34)20-9-12-25(26(16-20)33(35)36)31-13-5-4-6-14-31/h7-12,15-17H,3-6,13-14H2,1-2H3,(H,28,34). The maximum atomic E-state index is 13.1. The Morgan fingerprint density at radius 2 is 1.69 bits per heavy atom. The quantitative estimate of drug-likeness (QED) is 0.288. The minimum absolute atomic E-state index is 0.0474. The Morgan fingerprint density at radius 1 is 1.00 bits per heavy atom. The number of benzene rings is 3. The molecule has 0 radical (unpaired) electrons. The van der Waals surface area contributed by atoms with Crippen LogP contribution in [0.4, 0.5) is 17.1 Å². The van der Waals surface area contributed by atoms with E-state index in [1.807, 2.05) is 30.0 Å². The predicted octanol–water partition coefficient (Wildman–Crippen LogP) is 5.44. The molecular formula is C27H28N6O3. The summed E-state index contributed by atoms with van der Waals surface area (Å²) in [6.07, 6.45) is 4.11. The van der Waals surface area contributed by atoms with E-state index in [0.29, 0.717) is 22.4 Å². The van der Waals surface area contributed by atoms with Crippen LogP contribution in [0.1, 0.15) is 47.7 Å². The third-order valence-corrected chi connectivity index (χ3v) is 6.68. The summed E-state index contributed by atoms with van der Waals surface area (Å²) in [6.45, 7) is 5.56. The van der Waals surface area contributed by atoms with Crippen LogP contribution in [0.5, 0.6) is 0 Å². The van der Waals surface area contributed by atoms with Crippen molar-refractivity contribution in [2.45, 2.75) is 39.5 Å². The lowest BCUT2D eigenvalue weighted by Gasteiger charge is -2.28. The molecule has 1 aliphatic heterocycles. The zero-order chi connectivity index (χ0) is 25.2. The van der Waals surface area contributed by atoms with Crippen molar-refractivity contribution in [1.82, 2.24) is 15.0 Å². The number of carbonyl (C=O) groups is 1. The Bertz CT molecular complexity index is 1440. The van der Waals surface area contributed by atoms with E-state index in [1.165, 1.54) is 11.6 Å². The summed E-state index contributed by atoms with van der Waals surface area (Å²) < 4.78 is 0. The fraction of sp³-hybridized carbons (Fsp3) is 0.296. The number of nitro groups is 1. The molecule has 0 saturated carbocycles. The van der Waals surface area contributed by atoms with Crippen molar-refractivity contribution < 1.29 is 9.72 Å². The third kappa shape index (κ3) is 4.64. The highest BCUT2D eigenvalue weighted by atomic mass is 16.6. The van der Waals surface area contributed by atoms with Gasteiger partial charge in [-0.2, -0.15) is 4.80 Å². The van der Waals surface area contributed by atoms with Crippen molar-refractivity contribution in [2.75, 3.05) is 23.3 Å². The lowest BCUT2D eigenvalue weighted by Crippen LogP contribution is -2.30. The van der Waals surface area contributed by atoms with E-state index in [0.717, 1.165) is 50.0 Å². The largest absolute Gasteiger partial charge is 0.366 e. The maximum Gasteiger partial charge on any atom is 0.293 e. The molecule has 9 nitrogen and oxygen atoms in total. The molecule has 0 bridgehead atoms. The molecule has 0 spiro atoms. The van der Waals surface area contributed by atoms with Gasteiger partial charge in [0, 0.05) is 30.4 Å². The van der Waals surface area contributed by atoms with E-state index in [-0.39, 0.29) is 11.3 Å². The van der Waals surface area contributed by atoms with Gasteiger partial charge in [-0.05, 0) is 80.1 Å². The van der Waals surface area contributed by atoms with Gasteiger partial charge in [-0.1, -0.05) is 19.1 Å². The van der Waals surface area contributed by atoms with E-state index >= 15 is 0 Å². The number of amides is 1. The average Bonchev–Trinajstić information content (AvgIpc) is 3.31. The minimum atomic E-state index is -0.413. The summed E-state index contributed by atoms with van der Waals surface area (Å²) in [7, 11) is 0. The van der Waals surface area contributed by atoms with Crippen LogP contribution in [0.2, 0.25) is 0 Å². The van der Waals surface area contributed by atoms with Gasteiger partial charge in [-0.15, -0.1) is 10.2 Å². The SMILES string of the molecule is CCc1ccc(-n2nc3cc(C)c(NC(=O)c4ccc(N5CCCCC5)c([N+](=O)[O-])c4)cc3n2)cc1. The van der Waals surface area contributed by atoms with E-state index < -0.39 is 10.8 Å². The van der Waals surface area contributed by atoms with E-state index in [9.17, 15) is 14.9 Å². The Kier molecular flexibility index (Phi) is 6.37. The minimum Gasteiger partial charge on any atom is -0.366 e. The second kappa shape index (κ2) is 9.77. The Morgan fingerprint density at radius 3 is 2.36 bits per heavy atom. The highest BCUT2D eigenvalue weighted by Gasteiger charge is 2.23. The molecule has 1 N–H and O–H groups in total. The average molecular weight is 485 g/mol. The molecule has 1 fully saturated rings. The summed E-state index contributed by atoms with van der Waals surface area (Å²) in [5, 5.41) is 23.8.